The van der Waals surface area contributed by atoms with Crippen molar-refractivity contribution in [3.05, 3.63) is 0 Å². The van der Waals surface area contributed by atoms with Gasteiger partial charge in [0.2, 0.25) is 16.3 Å². The standard InChI is InChI=1S/C5H9INO3S/c1-7(11(2,9)10)3-5(6)4-8/h5H,3H2,1-2H3. The van der Waals surface area contributed by atoms with Crippen molar-refractivity contribution in [3.8, 4) is 0 Å². The summed E-state index contributed by atoms with van der Waals surface area (Å²) in [6.45, 7) is 0.183. The fourth-order valence-corrected chi connectivity index (χ4v) is 1.68. The zero-order valence-corrected chi connectivity index (χ0v) is 9.22. The van der Waals surface area contributed by atoms with Crippen LogP contribution in [-0.4, -0.2) is 42.8 Å². The van der Waals surface area contributed by atoms with E-state index in [-0.39, 0.29) is 6.54 Å². The van der Waals surface area contributed by atoms with Gasteiger partial charge in [-0.05, 0) is 0 Å². The smallest absolute Gasteiger partial charge is 0.213 e. The van der Waals surface area contributed by atoms with Crippen LogP contribution >= 0.6 is 22.6 Å². The Kier molecular flexibility index (Phi) is 4.49. The number of carbonyl (C=O) groups excluding carboxylic acids is 1. The molecule has 1 atom stereocenters. The van der Waals surface area contributed by atoms with Crippen molar-refractivity contribution in [1.82, 2.24) is 4.31 Å². The Bertz CT molecular complexity index is 226. The highest BCUT2D eigenvalue weighted by atomic mass is 127. The van der Waals surface area contributed by atoms with Crippen LogP contribution in [0.5, 0.6) is 0 Å². The lowest BCUT2D eigenvalue weighted by molar-refractivity contribution is 0.482. The first-order valence-corrected chi connectivity index (χ1v) is 5.90. The largest absolute Gasteiger partial charge is 0.290 e. The highest BCUT2D eigenvalue weighted by molar-refractivity contribution is 14.1. The van der Waals surface area contributed by atoms with E-state index in [4.69, 9.17) is 0 Å². The van der Waals surface area contributed by atoms with Crippen LogP contribution < -0.4 is 0 Å². The molecule has 0 saturated heterocycles. The van der Waals surface area contributed by atoms with E-state index in [0.29, 0.717) is 0 Å². The topological polar surface area (TPSA) is 54.5 Å². The number of rotatable bonds is 4. The van der Waals surface area contributed by atoms with Crippen molar-refractivity contribution in [2.45, 2.75) is 3.92 Å². The normalized spacial score (nSPS) is 14.9. The molecule has 1 unspecified atom stereocenters. The van der Waals surface area contributed by atoms with Crippen molar-refractivity contribution >= 4 is 38.9 Å². The molecule has 0 aliphatic rings. The van der Waals surface area contributed by atoms with Crippen LogP contribution in [0.4, 0.5) is 0 Å². The van der Waals surface area contributed by atoms with Crippen LogP contribution in [0.2, 0.25) is 0 Å². The van der Waals surface area contributed by atoms with Gasteiger partial charge in [0.1, 0.15) is 0 Å². The quantitative estimate of drug-likeness (QED) is 0.532. The number of hydrogen-bond acceptors (Lipinski definition) is 3. The van der Waals surface area contributed by atoms with E-state index in [1.165, 1.54) is 7.05 Å². The van der Waals surface area contributed by atoms with Gasteiger partial charge in [-0.3, -0.25) is 4.79 Å². The number of sulfonamides is 1. The van der Waals surface area contributed by atoms with Crippen molar-refractivity contribution in [2.24, 2.45) is 0 Å². The van der Waals surface area contributed by atoms with Crippen LogP contribution in [-0.2, 0) is 14.8 Å². The molecule has 0 heterocycles. The van der Waals surface area contributed by atoms with Gasteiger partial charge in [-0.1, -0.05) is 22.6 Å². The Balaban J connectivity index is 4.09. The summed E-state index contributed by atoms with van der Waals surface area (Å²) in [5, 5.41) is 0. The van der Waals surface area contributed by atoms with E-state index >= 15 is 0 Å². The minimum absolute atomic E-state index is 0.183. The second-order valence-electron chi connectivity index (χ2n) is 2.13. The minimum atomic E-state index is -3.16. The SMILES string of the molecule is CN(CC(I)[C]=O)S(C)(=O)=O. The van der Waals surface area contributed by atoms with Gasteiger partial charge in [0, 0.05) is 13.6 Å². The first-order chi connectivity index (χ1) is 4.88. The zero-order valence-electron chi connectivity index (χ0n) is 6.24. The van der Waals surface area contributed by atoms with Gasteiger partial charge in [0.05, 0.1) is 10.2 Å². The average molecular weight is 290 g/mol. The molecule has 0 aromatic rings. The van der Waals surface area contributed by atoms with Gasteiger partial charge in [0.25, 0.3) is 0 Å². The predicted octanol–water partition coefficient (Wildman–Crippen LogP) is -0.209. The molecule has 1 radical (unpaired) electrons. The molecule has 65 valence electrons. The van der Waals surface area contributed by atoms with Crippen molar-refractivity contribution in [3.63, 3.8) is 0 Å². The highest BCUT2D eigenvalue weighted by Crippen LogP contribution is 2.01. The number of nitrogens with zero attached hydrogens (tertiary/aromatic N) is 1. The molecule has 0 bridgehead atoms. The molecule has 0 fully saturated rings. The molecule has 0 aliphatic heterocycles. The van der Waals surface area contributed by atoms with E-state index in [2.05, 4.69) is 0 Å². The summed E-state index contributed by atoms with van der Waals surface area (Å²) in [7, 11) is -1.73. The summed E-state index contributed by atoms with van der Waals surface area (Å²) in [5.74, 6) is 0. The van der Waals surface area contributed by atoms with Gasteiger partial charge in [0.15, 0.2) is 0 Å². The second kappa shape index (κ2) is 4.36. The Hall–Kier alpha value is 0.310. The van der Waals surface area contributed by atoms with Crippen LogP contribution in [0, 0.1) is 0 Å². The first-order valence-electron chi connectivity index (χ1n) is 2.81. The third-order valence-electron chi connectivity index (χ3n) is 1.11. The summed E-state index contributed by atoms with van der Waals surface area (Å²) in [6, 6.07) is 0. The third kappa shape index (κ3) is 4.70. The molecule has 0 aromatic heterocycles. The van der Waals surface area contributed by atoms with Crippen molar-refractivity contribution in [2.75, 3.05) is 19.8 Å². The Morgan fingerprint density at radius 2 is 2.09 bits per heavy atom. The molecule has 0 N–H and O–H groups in total. The van der Waals surface area contributed by atoms with Crippen molar-refractivity contribution < 1.29 is 13.2 Å². The maximum Gasteiger partial charge on any atom is 0.213 e. The Labute approximate surface area is 80.1 Å². The monoisotopic (exact) mass is 290 g/mol. The second-order valence-corrected chi connectivity index (χ2v) is 5.72. The van der Waals surface area contributed by atoms with E-state index < -0.39 is 13.9 Å². The maximum atomic E-state index is 10.8. The molecule has 0 saturated carbocycles. The maximum absolute atomic E-state index is 10.8. The fraction of sp³-hybridized carbons (Fsp3) is 0.800. The number of hydrogen-bond donors (Lipinski definition) is 0. The molecule has 0 aromatic carbocycles. The van der Waals surface area contributed by atoms with Crippen LogP contribution in [0.3, 0.4) is 0 Å². The molecule has 11 heavy (non-hydrogen) atoms. The summed E-state index contributed by atoms with van der Waals surface area (Å²) in [5.41, 5.74) is 0. The summed E-state index contributed by atoms with van der Waals surface area (Å²) in [4.78, 5) is 10.0. The van der Waals surface area contributed by atoms with Crippen molar-refractivity contribution in [1.29, 1.82) is 0 Å². The lowest BCUT2D eigenvalue weighted by Crippen LogP contribution is -2.31. The third-order valence-corrected chi connectivity index (χ3v) is 3.04. The summed E-state index contributed by atoms with van der Waals surface area (Å²) in [6.07, 6.45) is 2.80. The molecule has 0 aliphatic carbocycles. The lowest BCUT2D eigenvalue weighted by Gasteiger charge is -2.13. The lowest BCUT2D eigenvalue weighted by atomic mass is 10.5. The molecular weight excluding hydrogens is 281 g/mol. The molecule has 4 nitrogen and oxygen atoms in total. The van der Waals surface area contributed by atoms with Gasteiger partial charge in [-0.2, -0.15) is 0 Å². The van der Waals surface area contributed by atoms with Crippen LogP contribution in [0.25, 0.3) is 0 Å². The number of halogens is 1. The van der Waals surface area contributed by atoms with Crippen LogP contribution in [0.1, 0.15) is 0 Å². The first kappa shape index (κ1) is 11.3. The van der Waals surface area contributed by atoms with Crippen LogP contribution in [0.15, 0.2) is 0 Å². The average Bonchev–Trinajstić information content (AvgIpc) is 1.85. The zero-order chi connectivity index (χ0) is 9.07. The van der Waals surface area contributed by atoms with Gasteiger partial charge in [-0.25, -0.2) is 12.7 Å². The van der Waals surface area contributed by atoms with Gasteiger partial charge >= 0.3 is 0 Å². The fourth-order valence-electron chi connectivity index (χ4n) is 0.398. The van der Waals surface area contributed by atoms with E-state index in [0.717, 1.165) is 10.6 Å². The summed E-state index contributed by atoms with van der Waals surface area (Å²) >= 11 is 1.83. The van der Waals surface area contributed by atoms with E-state index in [9.17, 15) is 13.2 Å². The summed E-state index contributed by atoms with van der Waals surface area (Å²) < 4.78 is 22.3. The Morgan fingerprint density at radius 3 is 2.36 bits per heavy atom. The molecule has 0 rings (SSSR count). The predicted molar refractivity (Wildman–Crippen MR) is 51.0 cm³/mol. The highest BCUT2D eigenvalue weighted by Gasteiger charge is 2.14. The Morgan fingerprint density at radius 1 is 1.64 bits per heavy atom. The van der Waals surface area contributed by atoms with E-state index in [1.807, 2.05) is 22.6 Å². The molecular formula is C5H9INO3S. The van der Waals surface area contributed by atoms with Gasteiger partial charge in [-0.15, -0.1) is 0 Å². The minimum Gasteiger partial charge on any atom is -0.290 e. The molecule has 0 spiro atoms. The number of alkyl halides is 1. The molecule has 0 amide bonds. The van der Waals surface area contributed by atoms with Gasteiger partial charge < -0.3 is 0 Å². The molecule has 6 heteroatoms. The van der Waals surface area contributed by atoms with E-state index in [1.54, 1.807) is 6.29 Å².